The van der Waals surface area contributed by atoms with E-state index >= 15 is 0 Å². The van der Waals surface area contributed by atoms with E-state index in [2.05, 4.69) is 41.4 Å². The zero-order chi connectivity index (χ0) is 17.6. The van der Waals surface area contributed by atoms with Crippen molar-refractivity contribution in [3.8, 4) is 0 Å². The summed E-state index contributed by atoms with van der Waals surface area (Å²) in [6, 6.07) is 7.70. The molecule has 2 aromatic rings. The Morgan fingerprint density at radius 1 is 1.29 bits per heavy atom. The van der Waals surface area contributed by atoms with Crippen LogP contribution >= 0.6 is 11.6 Å². The summed E-state index contributed by atoms with van der Waals surface area (Å²) < 4.78 is 5.78. The third kappa shape index (κ3) is 5.57. The lowest BCUT2D eigenvalue weighted by Crippen LogP contribution is -2.36. The van der Waals surface area contributed by atoms with Gasteiger partial charge in [0.1, 0.15) is 5.76 Å². The molecular weight excluding hydrogens is 324 g/mol. The average molecular weight is 349 g/mol. The van der Waals surface area contributed by atoms with Crippen molar-refractivity contribution < 1.29 is 4.42 Å². The number of rotatable bonds is 5. The van der Waals surface area contributed by atoms with Crippen molar-refractivity contribution in [2.75, 3.05) is 6.54 Å². The fourth-order valence-electron chi connectivity index (χ4n) is 2.05. The molecule has 0 bridgehead atoms. The van der Waals surface area contributed by atoms with Gasteiger partial charge in [0.2, 0.25) is 5.89 Å². The van der Waals surface area contributed by atoms with Gasteiger partial charge in [-0.05, 0) is 24.6 Å². The van der Waals surface area contributed by atoms with Crippen LogP contribution in [0.15, 0.2) is 39.9 Å². The van der Waals surface area contributed by atoms with E-state index < -0.39 is 0 Å². The molecular formula is C18H25ClN4O. The van der Waals surface area contributed by atoms with Gasteiger partial charge in [0.05, 0.1) is 19.3 Å². The highest BCUT2D eigenvalue weighted by Crippen LogP contribution is 2.22. The molecule has 0 radical (unpaired) electrons. The van der Waals surface area contributed by atoms with Gasteiger partial charge in [-0.1, -0.05) is 44.5 Å². The van der Waals surface area contributed by atoms with E-state index in [1.54, 1.807) is 6.20 Å². The Balaban J connectivity index is 1.98. The summed E-state index contributed by atoms with van der Waals surface area (Å²) in [6.07, 6.45) is 1.78. The van der Waals surface area contributed by atoms with E-state index in [0.29, 0.717) is 24.9 Å². The summed E-state index contributed by atoms with van der Waals surface area (Å²) in [4.78, 5) is 8.88. The fourth-order valence-corrected chi connectivity index (χ4v) is 2.26. The highest BCUT2D eigenvalue weighted by Gasteiger charge is 2.19. The van der Waals surface area contributed by atoms with E-state index in [-0.39, 0.29) is 5.41 Å². The average Bonchev–Trinajstić information content (AvgIpc) is 2.99. The monoisotopic (exact) mass is 348 g/mol. The molecule has 0 aliphatic rings. The largest absolute Gasteiger partial charge is 0.443 e. The minimum Gasteiger partial charge on any atom is -0.443 e. The van der Waals surface area contributed by atoms with E-state index in [1.165, 1.54) is 0 Å². The molecule has 130 valence electrons. The number of aromatic nitrogens is 1. The molecule has 5 nitrogen and oxygen atoms in total. The lowest BCUT2D eigenvalue weighted by molar-refractivity contribution is 0.379. The van der Waals surface area contributed by atoms with Crippen LogP contribution in [0.4, 0.5) is 0 Å². The molecule has 0 amide bonds. The maximum absolute atomic E-state index is 6.00. The normalized spacial score (nSPS) is 12.3. The summed E-state index contributed by atoms with van der Waals surface area (Å²) in [7, 11) is 0. The van der Waals surface area contributed by atoms with Gasteiger partial charge in [-0.3, -0.25) is 0 Å². The molecule has 0 unspecified atom stereocenters. The van der Waals surface area contributed by atoms with Crippen molar-refractivity contribution in [1.29, 1.82) is 0 Å². The van der Waals surface area contributed by atoms with Crippen LogP contribution in [0.5, 0.6) is 0 Å². The van der Waals surface area contributed by atoms with E-state index in [4.69, 9.17) is 16.0 Å². The summed E-state index contributed by atoms with van der Waals surface area (Å²) in [6.45, 7) is 10.1. The number of benzene rings is 1. The molecule has 0 aliphatic carbocycles. The molecule has 0 fully saturated rings. The maximum atomic E-state index is 6.00. The first-order chi connectivity index (χ1) is 11.4. The topological polar surface area (TPSA) is 62.5 Å². The van der Waals surface area contributed by atoms with Gasteiger partial charge in [-0.25, -0.2) is 9.98 Å². The first-order valence-corrected chi connectivity index (χ1v) is 8.48. The zero-order valence-corrected chi connectivity index (χ0v) is 15.4. The Morgan fingerprint density at radius 2 is 2.08 bits per heavy atom. The molecule has 6 heteroatoms. The Morgan fingerprint density at radius 3 is 2.71 bits per heavy atom. The van der Waals surface area contributed by atoms with Crippen LogP contribution in [0.2, 0.25) is 5.02 Å². The van der Waals surface area contributed by atoms with Crippen LogP contribution in [0.1, 0.15) is 44.9 Å². The lowest BCUT2D eigenvalue weighted by atomic mass is 9.94. The molecule has 0 saturated heterocycles. The molecule has 2 N–H and O–H groups in total. The van der Waals surface area contributed by atoms with Crippen molar-refractivity contribution in [2.24, 2.45) is 4.99 Å². The fraction of sp³-hybridized carbons (Fsp3) is 0.444. The first kappa shape index (κ1) is 18.3. The molecule has 24 heavy (non-hydrogen) atoms. The van der Waals surface area contributed by atoms with E-state index in [9.17, 15) is 0 Å². The first-order valence-electron chi connectivity index (χ1n) is 8.10. The number of hydrogen-bond donors (Lipinski definition) is 2. The van der Waals surface area contributed by atoms with Crippen LogP contribution in [-0.4, -0.2) is 17.5 Å². The minimum absolute atomic E-state index is 0.0452. The number of hydrogen-bond acceptors (Lipinski definition) is 3. The second-order valence-corrected chi connectivity index (χ2v) is 6.98. The SMILES string of the molecule is CCNC(=NCc1cccc(Cl)c1)NCc1ncc(C(C)(C)C)o1. The maximum Gasteiger partial charge on any atom is 0.213 e. The quantitative estimate of drug-likeness (QED) is 0.635. The van der Waals surface area contributed by atoms with E-state index in [1.807, 2.05) is 31.2 Å². The second kappa shape index (κ2) is 8.20. The van der Waals surface area contributed by atoms with Gasteiger partial charge < -0.3 is 15.1 Å². The highest BCUT2D eigenvalue weighted by atomic mass is 35.5. The number of nitrogens with one attached hydrogen (secondary N) is 2. The minimum atomic E-state index is -0.0452. The lowest BCUT2D eigenvalue weighted by Gasteiger charge is -2.13. The number of oxazole rings is 1. The number of nitrogens with zero attached hydrogens (tertiary/aromatic N) is 2. The summed E-state index contributed by atoms with van der Waals surface area (Å²) >= 11 is 6.00. The van der Waals surface area contributed by atoms with Crippen molar-refractivity contribution in [1.82, 2.24) is 15.6 Å². The molecule has 1 aromatic heterocycles. The van der Waals surface area contributed by atoms with Crippen molar-refractivity contribution >= 4 is 17.6 Å². The molecule has 1 heterocycles. The van der Waals surface area contributed by atoms with Gasteiger partial charge in [-0.2, -0.15) is 0 Å². The predicted octanol–water partition coefficient (Wildman–Crippen LogP) is 3.88. The van der Waals surface area contributed by atoms with Crippen molar-refractivity contribution in [2.45, 2.75) is 46.2 Å². The summed E-state index contributed by atoms with van der Waals surface area (Å²) in [5, 5.41) is 7.17. The second-order valence-electron chi connectivity index (χ2n) is 6.55. The summed E-state index contributed by atoms with van der Waals surface area (Å²) in [5.74, 6) is 2.24. The third-order valence-corrected chi connectivity index (χ3v) is 3.59. The predicted molar refractivity (Wildman–Crippen MR) is 98.3 cm³/mol. The third-order valence-electron chi connectivity index (χ3n) is 3.35. The molecule has 0 saturated carbocycles. The number of guanidine groups is 1. The van der Waals surface area contributed by atoms with Crippen LogP contribution < -0.4 is 10.6 Å². The molecule has 2 rings (SSSR count). The molecule has 0 aliphatic heterocycles. The highest BCUT2D eigenvalue weighted by molar-refractivity contribution is 6.30. The smallest absolute Gasteiger partial charge is 0.213 e. The number of aliphatic imine (C=N–C) groups is 1. The van der Waals surface area contributed by atoms with Crippen molar-refractivity contribution in [3.63, 3.8) is 0 Å². The van der Waals surface area contributed by atoms with Gasteiger partial charge in [0.15, 0.2) is 5.96 Å². The molecule has 0 atom stereocenters. The van der Waals surface area contributed by atoms with Crippen LogP contribution in [0.3, 0.4) is 0 Å². The Kier molecular flexibility index (Phi) is 6.26. The van der Waals surface area contributed by atoms with Crippen LogP contribution in [0.25, 0.3) is 0 Å². The van der Waals surface area contributed by atoms with Crippen LogP contribution in [0, 0.1) is 0 Å². The van der Waals surface area contributed by atoms with Crippen LogP contribution in [-0.2, 0) is 18.5 Å². The van der Waals surface area contributed by atoms with Gasteiger partial charge in [0, 0.05) is 17.0 Å². The summed E-state index contributed by atoms with van der Waals surface area (Å²) in [5.41, 5.74) is 1.02. The Labute approximate surface area is 148 Å². The van der Waals surface area contributed by atoms with Gasteiger partial charge in [0.25, 0.3) is 0 Å². The zero-order valence-electron chi connectivity index (χ0n) is 14.7. The standard InChI is InChI=1S/C18H25ClN4O/c1-5-20-17(22-10-13-7-6-8-14(19)9-13)23-12-16-21-11-15(24-16)18(2,3)4/h6-9,11H,5,10,12H2,1-4H3,(H2,20,22,23). The van der Waals surface area contributed by atoms with Crippen molar-refractivity contribution in [3.05, 3.63) is 52.7 Å². The van der Waals surface area contributed by atoms with Gasteiger partial charge in [-0.15, -0.1) is 0 Å². The van der Waals surface area contributed by atoms with E-state index in [0.717, 1.165) is 22.9 Å². The molecule has 1 aromatic carbocycles. The van der Waals surface area contributed by atoms with Gasteiger partial charge >= 0.3 is 0 Å². The Bertz CT molecular complexity index is 688. The molecule has 0 spiro atoms. The Hall–Kier alpha value is -2.01. The number of halogens is 1.